The van der Waals surface area contributed by atoms with Crippen LogP contribution in [0.1, 0.15) is 37.8 Å². The normalized spacial score (nSPS) is 26.5. The number of carboxylic acid groups (broad SMARTS) is 1. The zero-order valence-electron chi connectivity index (χ0n) is 18.8. The van der Waals surface area contributed by atoms with Gasteiger partial charge >= 0.3 is 0 Å². The summed E-state index contributed by atoms with van der Waals surface area (Å²) in [6.07, 6.45) is 4.07. The van der Waals surface area contributed by atoms with Crippen LogP contribution in [0.5, 0.6) is 0 Å². The average Bonchev–Trinajstić information content (AvgIpc) is 2.79. The minimum Gasteiger partial charge on any atom is -0.483 e. The lowest BCUT2D eigenvalue weighted by atomic mass is 9.72. The molecule has 0 radical (unpaired) electrons. The summed E-state index contributed by atoms with van der Waals surface area (Å²) in [5.41, 5.74) is 0.909. The highest BCUT2D eigenvalue weighted by molar-refractivity contribution is 5.79. The highest BCUT2D eigenvalue weighted by Gasteiger charge is 2.49. The molecule has 3 saturated heterocycles. The smallest absolute Gasteiger partial charge is 0.290 e. The van der Waals surface area contributed by atoms with Gasteiger partial charge in [0.2, 0.25) is 11.8 Å². The monoisotopic (exact) mass is 447 g/mol. The molecule has 32 heavy (non-hydrogen) atoms. The second-order valence-electron chi connectivity index (χ2n) is 8.67. The summed E-state index contributed by atoms with van der Waals surface area (Å²) >= 11 is 0. The number of aromatic nitrogens is 2. The van der Waals surface area contributed by atoms with Crippen molar-refractivity contribution in [2.24, 2.45) is 11.8 Å². The highest BCUT2D eigenvalue weighted by Crippen LogP contribution is 2.42. The number of methoxy groups -OCH3 is 1. The van der Waals surface area contributed by atoms with Crippen molar-refractivity contribution < 1.29 is 24.2 Å². The lowest BCUT2D eigenvalue weighted by Gasteiger charge is -2.56. The van der Waals surface area contributed by atoms with E-state index in [0.29, 0.717) is 37.8 Å². The van der Waals surface area contributed by atoms with Gasteiger partial charge in [0, 0.05) is 45.6 Å². The van der Waals surface area contributed by atoms with Crippen LogP contribution in [-0.4, -0.2) is 83.9 Å². The zero-order valence-corrected chi connectivity index (χ0v) is 18.8. The molecule has 3 aliphatic rings. The van der Waals surface area contributed by atoms with E-state index in [1.54, 1.807) is 7.11 Å². The first-order chi connectivity index (χ1) is 15.5. The summed E-state index contributed by atoms with van der Waals surface area (Å²) in [7, 11) is 1.59. The molecule has 2 bridgehead atoms. The van der Waals surface area contributed by atoms with Crippen molar-refractivity contribution in [3.63, 3.8) is 0 Å². The quantitative estimate of drug-likeness (QED) is 0.615. The van der Waals surface area contributed by atoms with E-state index >= 15 is 0 Å². The molecule has 2 N–H and O–H groups in total. The Labute approximate surface area is 188 Å². The van der Waals surface area contributed by atoms with Crippen LogP contribution < -0.4 is 10.2 Å². The molecule has 0 aromatic carbocycles. The average molecular weight is 448 g/mol. The largest absolute Gasteiger partial charge is 0.483 e. The minimum atomic E-state index is -0.250. The van der Waals surface area contributed by atoms with E-state index in [9.17, 15) is 9.59 Å². The maximum atomic E-state index is 12.8. The second-order valence-corrected chi connectivity index (χ2v) is 8.67. The first kappa shape index (κ1) is 23.9. The van der Waals surface area contributed by atoms with E-state index in [-0.39, 0.29) is 30.4 Å². The van der Waals surface area contributed by atoms with Gasteiger partial charge in [0.15, 0.2) is 5.82 Å². The Morgan fingerprint density at radius 3 is 2.75 bits per heavy atom. The summed E-state index contributed by atoms with van der Waals surface area (Å²) < 4.78 is 5.00. The van der Waals surface area contributed by atoms with Gasteiger partial charge in [-0.15, -0.1) is 5.10 Å². The molecule has 176 valence electrons. The number of hydrogen-bond acceptors (Lipinski definition) is 7. The van der Waals surface area contributed by atoms with E-state index < -0.39 is 0 Å². The van der Waals surface area contributed by atoms with Crippen molar-refractivity contribution >= 4 is 24.1 Å². The molecule has 0 saturated carbocycles. The van der Waals surface area contributed by atoms with Gasteiger partial charge in [-0.1, -0.05) is 0 Å². The van der Waals surface area contributed by atoms with Gasteiger partial charge in [0.1, 0.15) is 0 Å². The number of piperidine rings is 3. The van der Waals surface area contributed by atoms with Gasteiger partial charge in [-0.3, -0.25) is 14.4 Å². The lowest BCUT2D eigenvalue weighted by Crippen LogP contribution is -2.67. The van der Waals surface area contributed by atoms with Crippen molar-refractivity contribution in [2.45, 2.75) is 51.1 Å². The van der Waals surface area contributed by atoms with Gasteiger partial charge in [-0.05, 0) is 50.2 Å². The van der Waals surface area contributed by atoms with E-state index in [1.807, 2.05) is 19.1 Å². The summed E-state index contributed by atoms with van der Waals surface area (Å²) in [5.74, 6) is 1.89. The Morgan fingerprint density at radius 1 is 1.31 bits per heavy atom. The van der Waals surface area contributed by atoms with Crippen molar-refractivity contribution in [3.05, 3.63) is 17.8 Å². The van der Waals surface area contributed by atoms with Gasteiger partial charge in [-0.2, -0.15) is 5.10 Å². The predicted molar refractivity (Wildman–Crippen MR) is 117 cm³/mol. The fraction of sp³-hybridized carbons (Fsp3) is 0.682. The Kier molecular flexibility index (Phi) is 8.38. The number of anilines is 1. The van der Waals surface area contributed by atoms with Crippen LogP contribution in [0.3, 0.4) is 0 Å². The number of ether oxygens (including phenoxy) is 1. The molecule has 0 spiro atoms. The molecule has 4 rings (SSSR count). The highest BCUT2D eigenvalue weighted by atomic mass is 16.5. The van der Waals surface area contributed by atoms with Crippen molar-refractivity contribution in [1.82, 2.24) is 20.4 Å². The third-order valence-electron chi connectivity index (χ3n) is 6.65. The maximum Gasteiger partial charge on any atom is 0.290 e. The van der Waals surface area contributed by atoms with Gasteiger partial charge < -0.3 is 25.0 Å². The number of aryl methyl sites for hydroxylation is 1. The molecule has 10 nitrogen and oxygen atoms in total. The Balaban J connectivity index is 0.000000913. The van der Waals surface area contributed by atoms with Gasteiger partial charge in [0.25, 0.3) is 6.47 Å². The molecule has 4 heterocycles. The summed E-state index contributed by atoms with van der Waals surface area (Å²) in [6, 6.07) is 4.33. The topological polar surface area (TPSA) is 125 Å². The van der Waals surface area contributed by atoms with Crippen LogP contribution in [0, 0.1) is 18.8 Å². The molecule has 2 amide bonds. The number of fused-ring (bicyclic) bond motifs is 4. The molecule has 4 atom stereocenters. The Bertz CT molecular complexity index is 789. The molecule has 1 aromatic rings. The fourth-order valence-electron chi connectivity index (χ4n) is 5.29. The van der Waals surface area contributed by atoms with E-state index in [0.717, 1.165) is 43.9 Å². The van der Waals surface area contributed by atoms with Crippen molar-refractivity contribution in [1.29, 1.82) is 0 Å². The van der Waals surface area contributed by atoms with Gasteiger partial charge in [0.05, 0.1) is 18.3 Å². The number of rotatable bonds is 6. The third-order valence-corrected chi connectivity index (χ3v) is 6.65. The van der Waals surface area contributed by atoms with Crippen LogP contribution in [0.2, 0.25) is 0 Å². The summed E-state index contributed by atoms with van der Waals surface area (Å²) in [4.78, 5) is 37.8. The Morgan fingerprint density at radius 2 is 2.06 bits per heavy atom. The predicted octanol–water partition coefficient (Wildman–Crippen LogP) is 0.844. The fourth-order valence-corrected chi connectivity index (χ4v) is 5.29. The van der Waals surface area contributed by atoms with Crippen LogP contribution in [0.25, 0.3) is 0 Å². The number of nitrogens with one attached hydrogen (secondary N) is 1. The lowest BCUT2D eigenvalue weighted by molar-refractivity contribution is -0.149. The molecule has 3 fully saturated rings. The molecule has 10 heteroatoms. The van der Waals surface area contributed by atoms with Gasteiger partial charge in [-0.25, -0.2) is 0 Å². The standard InChI is InChI=1S/C21H31N5O3.CH2O2/c1-14-6-7-19(24-23-14)25-12-15-10-16(13-25)18(11-22-20(27)8-9-29-2)26-17(15)4-3-5-21(26)28;2-1-3/h6-7,15-18H,3-5,8-13H2,1-2H3,(H,22,27);1H,(H,2,3)/t15-,16+,17+,18+;/m1./s1. The van der Waals surface area contributed by atoms with Crippen molar-refractivity contribution in [3.8, 4) is 0 Å². The SMILES string of the molecule is COCCC(=O)NC[C@H]1[C@H]2C[C@H](CN(c3ccc(C)nn3)C2)[C@@H]2CCCC(=O)N21.O=CO. The minimum absolute atomic E-state index is 0.0213. The molecular weight excluding hydrogens is 414 g/mol. The van der Waals surface area contributed by atoms with E-state index in [2.05, 4.69) is 25.3 Å². The van der Waals surface area contributed by atoms with Crippen LogP contribution in [0.4, 0.5) is 5.82 Å². The van der Waals surface area contributed by atoms with E-state index in [4.69, 9.17) is 14.6 Å². The summed E-state index contributed by atoms with van der Waals surface area (Å²) in [5, 5.41) is 18.6. The number of amides is 2. The van der Waals surface area contributed by atoms with Crippen LogP contribution >= 0.6 is 0 Å². The molecule has 0 aliphatic carbocycles. The molecular formula is C22H33N5O5. The number of nitrogens with zero attached hydrogens (tertiary/aromatic N) is 4. The third kappa shape index (κ3) is 5.53. The molecule has 0 unspecified atom stereocenters. The Hall–Kier alpha value is -2.75. The number of hydrogen-bond donors (Lipinski definition) is 2. The first-order valence-corrected chi connectivity index (χ1v) is 11.2. The summed E-state index contributed by atoms with van der Waals surface area (Å²) in [6.45, 7) is 4.36. The zero-order chi connectivity index (χ0) is 23.1. The number of carbonyl (C=O) groups excluding carboxylic acids is 2. The van der Waals surface area contributed by atoms with Crippen LogP contribution in [-0.2, 0) is 19.1 Å². The maximum absolute atomic E-state index is 12.8. The van der Waals surface area contributed by atoms with Crippen LogP contribution in [0.15, 0.2) is 12.1 Å². The molecule has 1 aromatic heterocycles. The number of carbonyl (C=O) groups is 3. The van der Waals surface area contributed by atoms with E-state index in [1.165, 1.54) is 0 Å². The molecule has 3 aliphatic heterocycles. The van der Waals surface area contributed by atoms with Crippen molar-refractivity contribution in [2.75, 3.05) is 38.3 Å². The first-order valence-electron chi connectivity index (χ1n) is 11.2. The second kappa shape index (κ2) is 11.2.